The molecule has 2 aromatic rings. The molecule has 3 atom stereocenters. The lowest BCUT2D eigenvalue weighted by molar-refractivity contribution is -0.137. The SMILES string of the molecule is CCc1ccc(N2C(=O)C3SC4=NC(C)=C(C(=O)OC)C(c5ccc(OC)cc5)N4C3C2=O)cc1. The Morgan fingerprint density at radius 3 is 2.31 bits per heavy atom. The van der Waals surface area contributed by atoms with Crippen LogP contribution in [0.4, 0.5) is 5.69 Å². The van der Waals surface area contributed by atoms with Crippen molar-refractivity contribution in [2.45, 2.75) is 37.6 Å². The molecule has 0 spiro atoms. The standard InChI is InChI=1S/C26H25N3O5S/c1-5-15-6-10-17(11-7-15)28-23(30)21-22(24(28)31)35-26-27-14(2)19(25(32)34-4)20(29(21)26)16-8-12-18(33-3)13-9-16/h6-13,20-22H,5H2,1-4H3. The molecule has 9 heteroatoms. The molecule has 0 saturated carbocycles. The van der Waals surface area contributed by atoms with Gasteiger partial charge in [-0.25, -0.2) is 14.7 Å². The summed E-state index contributed by atoms with van der Waals surface area (Å²) in [5.41, 5.74) is 3.28. The number of methoxy groups -OCH3 is 2. The maximum atomic E-state index is 13.8. The van der Waals surface area contributed by atoms with Crippen LogP contribution in [0, 0.1) is 0 Å². The first-order valence-electron chi connectivity index (χ1n) is 11.3. The molecule has 3 heterocycles. The number of amides is 2. The monoisotopic (exact) mass is 491 g/mol. The molecule has 2 fully saturated rings. The van der Waals surface area contributed by atoms with E-state index in [1.807, 2.05) is 31.2 Å². The van der Waals surface area contributed by atoms with Gasteiger partial charge < -0.3 is 14.4 Å². The van der Waals surface area contributed by atoms with Gasteiger partial charge in [-0.1, -0.05) is 43.0 Å². The fraction of sp³-hybridized carbons (Fsp3) is 0.308. The highest BCUT2D eigenvalue weighted by molar-refractivity contribution is 8.15. The molecule has 0 aliphatic carbocycles. The molecule has 0 bridgehead atoms. The maximum Gasteiger partial charge on any atom is 0.338 e. The Hall–Kier alpha value is -3.59. The molecule has 3 aliphatic heterocycles. The average molecular weight is 492 g/mol. The molecule has 2 saturated heterocycles. The first kappa shape index (κ1) is 23.2. The predicted molar refractivity (Wildman–Crippen MR) is 133 cm³/mol. The number of allylic oxidation sites excluding steroid dienone is 1. The van der Waals surface area contributed by atoms with Gasteiger partial charge in [0, 0.05) is 0 Å². The third-order valence-corrected chi connectivity index (χ3v) is 7.85. The lowest BCUT2D eigenvalue weighted by Gasteiger charge is -2.37. The molecule has 8 nitrogen and oxygen atoms in total. The molecule has 35 heavy (non-hydrogen) atoms. The highest BCUT2D eigenvalue weighted by atomic mass is 32.2. The van der Waals surface area contributed by atoms with Crippen LogP contribution in [0.1, 0.15) is 31.0 Å². The Morgan fingerprint density at radius 2 is 1.71 bits per heavy atom. The zero-order chi connectivity index (χ0) is 24.9. The molecule has 3 unspecified atom stereocenters. The second-order valence-electron chi connectivity index (χ2n) is 8.48. The highest BCUT2D eigenvalue weighted by Gasteiger charge is 2.60. The van der Waals surface area contributed by atoms with Gasteiger partial charge in [0.05, 0.1) is 37.2 Å². The highest BCUT2D eigenvalue weighted by Crippen LogP contribution is 2.49. The summed E-state index contributed by atoms with van der Waals surface area (Å²) in [6.45, 7) is 3.79. The van der Waals surface area contributed by atoms with E-state index in [9.17, 15) is 14.4 Å². The number of fused-ring (bicyclic) bond motifs is 3. The van der Waals surface area contributed by atoms with E-state index in [4.69, 9.17) is 9.47 Å². The van der Waals surface area contributed by atoms with E-state index in [2.05, 4.69) is 4.99 Å². The molecule has 3 aliphatic rings. The van der Waals surface area contributed by atoms with Crippen molar-refractivity contribution in [3.8, 4) is 5.75 Å². The van der Waals surface area contributed by atoms with E-state index in [-0.39, 0.29) is 11.8 Å². The topological polar surface area (TPSA) is 88.5 Å². The lowest BCUT2D eigenvalue weighted by Crippen LogP contribution is -2.47. The maximum absolute atomic E-state index is 13.8. The average Bonchev–Trinajstić information content (AvgIpc) is 3.37. The number of aliphatic imine (C=N–C) groups is 1. The first-order chi connectivity index (χ1) is 16.9. The Kier molecular flexibility index (Phi) is 5.88. The molecule has 2 aromatic carbocycles. The van der Waals surface area contributed by atoms with Crippen LogP contribution >= 0.6 is 11.8 Å². The van der Waals surface area contributed by atoms with Gasteiger partial charge in [-0.15, -0.1) is 0 Å². The van der Waals surface area contributed by atoms with Crippen molar-refractivity contribution in [3.05, 3.63) is 70.9 Å². The van der Waals surface area contributed by atoms with Gasteiger partial charge in [0.25, 0.3) is 5.91 Å². The van der Waals surface area contributed by atoms with Crippen LogP contribution in [0.2, 0.25) is 0 Å². The molecule has 0 N–H and O–H groups in total. The fourth-order valence-electron chi connectivity index (χ4n) is 4.82. The number of esters is 1. The predicted octanol–water partition coefficient (Wildman–Crippen LogP) is 3.47. The van der Waals surface area contributed by atoms with Crippen LogP contribution in [0.3, 0.4) is 0 Å². The Balaban J connectivity index is 1.59. The van der Waals surface area contributed by atoms with Crippen molar-refractivity contribution < 1.29 is 23.9 Å². The summed E-state index contributed by atoms with van der Waals surface area (Å²) in [4.78, 5) is 47.8. The summed E-state index contributed by atoms with van der Waals surface area (Å²) >= 11 is 1.27. The zero-order valence-corrected chi connectivity index (χ0v) is 20.7. The Morgan fingerprint density at radius 1 is 1.03 bits per heavy atom. The number of anilines is 1. The largest absolute Gasteiger partial charge is 0.497 e. The van der Waals surface area contributed by atoms with E-state index in [1.165, 1.54) is 23.8 Å². The van der Waals surface area contributed by atoms with Crippen LogP contribution in [0.15, 0.2) is 64.8 Å². The number of carbonyl (C=O) groups excluding carboxylic acids is 3. The minimum absolute atomic E-state index is 0.280. The summed E-state index contributed by atoms with van der Waals surface area (Å²) in [6, 6.07) is 13.3. The fourth-order valence-corrected chi connectivity index (χ4v) is 6.16. The van der Waals surface area contributed by atoms with Crippen LogP contribution < -0.4 is 9.64 Å². The summed E-state index contributed by atoms with van der Waals surface area (Å²) in [5, 5.41) is -0.105. The number of nitrogens with zero attached hydrogens (tertiary/aromatic N) is 3. The summed E-state index contributed by atoms with van der Waals surface area (Å²) in [6.07, 6.45) is 0.864. The number of aryl methyl sites for hydroxylation is 1. The molecule has 2 amide bonds. The van der Waals surface area contributed by atoms with Gasteiger partial charge in [0.2, 0.25) is 5.91 Å². The van der Waals surface area contributed by atoms with E-state index in [1.54, 1.807) is 43.2 Å². The van der Waals surface area contributed by atoms with Gasteiger partial charge in [-0.3, -0.25) is 9.59 Å². The lowest BCUT2D eigenvalue weighted by atomic mass is 9.93. The normalized spacial score (nSPS) is 23.3. The molecule has 180 valence electrons. The smallest absolute Gasteiger partial charge is 0.338 e. The number of hydrogen-bond acceptors (Lipinski definition) is 8. The summed E-state index contributed by atoms with van der Waals surface area (Å²) < 4.78 is 10.4. The minimum atomic E-state index is -0.794. The number of benzene rings is 2. The number of ether oxygens (including phenoxy) is 2. The van der Waals surface area contributed by atoms with Gasteiger partial charge in [0.1, 0.15) is 17.0 Å². The number of carbonyl (C=O) groups is 3. The third kappa shape index (κ3) is 3.61. The van der Waals surface area contributed by atoms with E-state index < -0.39 is 23.3 Å². The van der Waals surface area contributed by atoms with Gasteiger partial charge in [-0.05, 0) is 48.7 Å². The number of hydrogen-bond donors (Lipinski definition) is 0. The van der Waals surface area contributed by atoms with Crippen LogP contribution in [0.5, 0.6) is 5.75 Å². The van der Waals surface area contributed by atoms with Crippen molar-refractivity contribution >= 4 is 40.4 Å². The van der Waals surface area contributed by atoms with Crippen LogP contribution in [-0.2, 0) is 25.5 Å². The van der Waals surface area contributed by atoms with E-state index in [0.29, 0.717) is 27.9 Å². The quantitative estimate of drug-likeness (QED) is 0.467. The molecule has 0 radical (unpaired) electrons. The second-order valence-corrected chi connectivity index (χ2v) is 9.59. The van der Waals surface area contributed by atoms with Gasteiger partial charge in [-0.2, -0.15) is 0 Å². The van der Waals surface area contributed by atoms with Crippen molar-refractivity contribution in [1.82, 2.24) is 4.90 Å². The second kappa shape index (κ2) is 8.88. The van der Waals surface area contributed by atoms with Crippen molar-refractivity contribution in [2.24, 2.45) is 4.99 Å². The third-order valence-electron chi connectivity index (χ3n) is 6.62. The summed E-state index contributed by atoms with van der Waals surface area (Å²) in [5.74, 6) is -0.467. The van der Waals surface area contributed by atoms with Crippen molar-refractivity contribution in [2.75, 3.05) is 19.1 Å². The molecule has 0 aromatic heterocycles. The first-order valence-corrected chi connectivity index (χ1v) is 12.2. The molecular formula is C26H25N3O5S. The number of rotatable bonds is 5. The summed E-state index contributed by atoms with van der Waals surface area (Å²) in [7, 11) is 2.90. The van der Waals surface area contributed by atoms with E-state index in [0.717, 1.165) is 17.5 Å². The van der Waals surface area contributed by atoms with Crippen molar-refractivity contribution in [1.29, 1.82) is 0 Å². The van der Waals surface area contributed by atoms with Crippen LogP contribution in [-0.4, -0.2) is 53.4 Å². The van der Waals surface area contributed by atoms with Crippen LogP contribution in [0.25, 0.3) is 0 Å². The minimum Gasteiger partial charge on any atom is -0.497 e. The number of amidine groups is 1. The number of imide groups is 1. The molecular weight excluding hydrogens is 466 g/mol. The van der Waals surface area contributed by atoms with Gasteiger partial charge >= 0.3 is 5.97 Å². The zero-order valence-electron chi connectivity index (χ0n) is 19.8. The van der Waals surface area contributed by atoms with Crippen molar-refractivity contribution in [3.63, 3.8) is 0 Å². The Labute approximate surface area is 207 Å². The molecule has 5 rings (SSSR count). The van der Waals surface area contributed by atoms with E-state index >= 15 is 0 Å². The Bertz CT molecular complexity index is 1270. The van der Waals surface area contributed by atoms with Gasteiger partial charge in [0.15, 0.2) is 5.17 Å². The number of thioether (sulfide) groups is 1.